The monoisotopic (exact) mass is 515 g/mol. The van der Waals surface area contributed by atoms with Crippen LogP contribution in [0.1, 0.15) is 62.1 Å². The van der Waals surface area contributed by atoms with Gasteiger partial charge in [-0.25, -0.2) is 0 Å². The van der Waals surface area contributed by atoms with Gasteiger partial charge in [0, 0.05) is 16.0 Å². The number of aliphatic hydroxyl groups excluding tert-OH is 1. The first-order valence-electron chi connectivity index (χ1n) is 12.3. The summed E-state index contributed by atoms with van der Waals surface area (Å²) < 4.78 is 5.22. The van der Waals surface area contributed by atoms with Crippen LogP contribution in [0.25, 0.3) is 0 Å². The second kappa shape index (κ2) is 9.10. The molecule has 2 aliphatic carbocycles. The maximum atomic E-state index is 14.5. The third-order valence-corrected chi connectivity index (χ3v) is 9.08. The number of ether oxygens (including phenoxy) is 1. The molecule has 3 fully saturated rings. The quantitative estimate of drug-likeness (QED) is 0.474. The van der Waals surface area contributed by atoms with E-state index >= 15 is 0 Å². The Bertz CT molecular complexity index is 1130. The highest BCUT2D eigenvalue weighted by Gasteiger charge is 2.70. The summed E-state index contributed by atoms with van der Waals surface area (Å²) in [7, 11) is 1.39. The van der Waals surface area contributed by atoms with E-state index in [2.05, 4.69) is 0 Å². The minimum atomic E-state index is -0.960. The van der Waals surface area contributed by atoms with E-state index in [0.29, 0.717) is 29.3 Å². The van der Waals surface area contributed by atoms with Crippen molar-refractivity contribution in [1.82, 2.24) is 4.90 Å². The van der Waals surface area contributed by atoms with E-state index in [0.717, 1.165) is 24.0 Å². The number of amides is 1. The van der Waals surface area contributed by atoms with Crippen LogP contribution in [0.3, 0.4) is 0 Å². The summed E-state index contributed by atoms with van der Waals surface area (Å²) in [5.74, 6) is -0.290. The second-order valence-electron chi connectivity index (χ2n) is 10.6. The molecule has 35 heavy (non-hydrogen) atoms. The van der Waals surface area contributed by atoms with Crippen LogP contribution in [0.4, 0.5) is 0 Å². The van der Waals surface area contributed by atoms with Crippen LogP contribution in [0.15, 0.2) is 48.5 Å². The molecule has 0 bridgehead atoms. The van der Waals surface area contributed by atoms with E-state index in [1.807, 2.05) is 60.4 Å². The first-order valence-corrected chi connectivity index (χ1v) is 13.0. The van der Waals surface area contributed by atoms with Gasteiger partial charge in [0.15, 0.2) is 0 Å². The highest BCUT2D eigenvalue weighted by atomic mass is 35.5. The number of rotatable bonds is 7. The van der Waals surface area contributed by atoms with Crippen LogP contribution in [-0.4, -0.2) is 41.6 Å². The van der Waals surface area contributed by atoms with Crippen molar-refractivity contribution in [1.29, 1.82) is 0 Å². The van der Waals surface area contributed by atoms with Gasteiger partial charge < -0.3 is 14.7 Å². The fourth-order valence-corrected chi connectivity index (χ4v) is 6.66. The van der Waals surface area contributed by atoms with Crippen molar-refractivity contribution >= 4 is 35.1 Å². The van der Waals surface area contributed by atoms with Gasteiger partial charge in [-0.05, 0) is 80.3 Å². The molecule has 3 aliphatic rings. The van der Waals surface area contributed by atoms with Gasteiger partial charge >= 0.3 is 5.97 Å². The number of esters is 1. The van der Waals surface area contributed by atoms with Crippen LogP contribution in [0.2, 0.25) is 10.0 Å². The first kappa shape index (κ1) is 24.6. The van der Waals surface area contributed by atoms with E-state index < -0.39 is 10.8 Å². The molecule has 0 radical (unpaired) electrons. The molecule has 2 saturated carbocycles. The van der Waals surface area contributed by atoms with Crippen molar-refractivity contribution in [2.24, 2.45) is 16.7 Å². The third kappa shape index (κ3) is 4.06. The Kier molecular flexibility index (Phi) is 6.40. The van der Waals surface area contributed by atoms with Crippen molar-refractivity contribution in [2.75, 3.05) is 13.7 Å². The molecular formula is C28H31Cl2NO4. The number of likely N-dealkylation sites (tertiary alicyclic amines) is 1. The summed E-state index contributed by atoms with van der Waals surface area (Å²) >= 11 is 12.6. The standard InChI is InChI=1S/C28H31Cl2NO4/c1-27(28(12-13-28)26(34)35-2)15-22(19-4-3-5-21(30)14-19)24(18-8-10-20(29)11-9-18)31(25(27)33)23(16-32)17-6-7-17/h3-5,8-11,14,17,22-24,32H,6-7,12-13,15-16H2,1-2H3/t22-,23-,24?,27+/m1/s1. The molecule has 5 nitrogen and oxygen atoms in total. The lowest BCUT2D eigenvalue weighted by atomic mass is 9.61. The van der Waals surface area contributed by atoms with Crippen LogP contribution < -0.4 is 0 Å². The summed E-state index contributed by atoms with van der Waals surface area (Å²) in [6.45, 7) is 1.80. The normalized spacial score (nSPS) is 28.5. The van der Waals surface area contributed by atoms with Crippen molar-refractivity contribution in [3.8, 4) is 0 Å². The summed E-state index contributed by atoms with van der Waals surface area (Å²) in [5, 5.41) is 11.8. The van der Waals surface area contributed by atoms with Crippen LogP contribution >= 0.6 is 23.2 Å². The number of carbonyl (C=O) groups is 2. The molecule has 1 aliphatic heterocycles. The number of aliphatic hydroxyl groups is 1. The molecule has 1 N–H and O–H groups in total. The van der Waals surface area contributed by atoms with E-state index in [-0.39, 0.29) is 42.4 Å². The molecule has 0 spiro atoms. The van der Waals surface area contributed by atoms with Crippen LogP contribution in [0.5, 0.6) is 0 Å². The highest BCUT2D eigenvalue weighted by Crippen LogP contribution is 2.67. The minimum Gasteiger partial charge on any atom is -0.469 e. The number of nitrogens with zero attached hydrogens (tertiary/aromatic N) is 1. The van der Waals surface area contributed by atoms with Gasteiger partial charge in [0.1, 0.15) is 0 Å². The minimum absolute atomic E-state index is 0.0791. The molecule has 7 heteroatoms. The number of piperidine rings is 1. The predicted molar refractivity (Wildman–Crippen MR) is 135 cm³/mol. The molecule has 2 aromatic carbocycles. The predicted octanol–water partition coefficient (Wildman–Crippen LogP) is 5.78. The first-order chi connectivity index (χ1) is 16.8. The SMILES string of the molecule is COC(=O)C1([C@@]2(C)C[C@H](c3cccc(Cl)c3)C(c3ccc(Cl)cc3)N([C@H](CO)C3CC3)C2=O)CC1. The zero-order valence-corrected chi connectivity index (χ0v) is 21.6. The summed E-state index contributed by atoms with van der Waals surface area (Å²) in [4.78, 5) is 29.5. The molecule has 1 amide bonds. The Morgan fingerprint density at radius 3 is 2.34 bits per heavy atom. The lowest BCUT2D eigenvalue weighted by molar-refractivity contribution is -0.173. The van der Waals surface area contributed by atoms with Crippen molar-refractivity contribution in [2.45, 2.75) is 57.0 Å². The highest BCUT2D eigenvalue weighted by molar-refractivity contribution is 6.30. The van der Waals surface area contributed by atoms with Gasteiger partial charge in [-0.3, -0.25) is 9.59 Å². The summed E-state index contributed by atoms with van der Waals surface area (Å²) in [5.41, 5.74) is 0.159. The van der Waals surface area contributed by atoms with E-state index in [4.69, 9.17) is 27.9 Å². The van der Waals surface area contributed by atoms with Crippen molar-refractivity contribution in [3.05, 3.63) is 69.7 Å². The number of halogens is 2. The van der Waals surface area contributed by atoms with Gasteiger partial charge in [0.05, 0.1) is 36.6 Å². The van der Waals surface area contributed by atoms with Gasteiger partial charge in [0.25, 0.3) is 0 Å². The molecule has 1 heterocycles. The Labute approximate surface area is 216 Å². The molecular weight excluding hydrogens is 485 g/mol. The molecule has 0 aromatic heterocycles. The molecule has 1 saturated heterocycles. The number of methoxy groups -OCH3 is 1. The topological polar surface area (TPSA) is 66.8 Å². The number of hydrogen-bond donors (Lipinski definition) is 1. The number of carbonyl (C=O) groups excluding carboxylic acids is 2. The molecule has 1 unspecified atom stereocenters. The lowest BCUT2D eigenvalue weighted by Gasteiger charge is -2.54. The Morgan fingerprint density at radius 2 is 1.80 bits per heavy atom. The zero-order chi connectivity index (χ0) is 25.0. The maximum absolute atomic E-state index is 14.5. The smallest absolute Gasteiger partial charge is 0.312 e. The zero-order valence-electron chi connectivity index (χ0n) is 20.0. The van der Waals surface area contributed by atoms with Crippen molar-refractivity contribution in [3.63, 3.8) is 0 Å². The fraction of sp³-hybridized carbons (Fsp3) is 0.500. The summed E-state index contributed by atoms with van der Waals surface area (Å²) in [6, 6.07) is 14.7. The van der Waals surface area contributed by atoms with Gasteiger partial charge in [-0.2, -0.15) is 0 Å². The molecule has 186 valence electrons. The van der Waals surface area contributed by atoms with Crippen molar-refractivity contribution < 1.29 is 19.4 Å². The molecule has 5 rings (SSSR count). The summed E-state index contributed by atoms with van der Waals surface area (Å²) in [6.07, 6.45) is 3.67. The van der Waals surface area contributed by atoms with E-state index in [1.165, 1.54) is 7.11 Å². The average molecular weight is 516 g/mol. The second-order valence-corrected chi connectivity index (χ2v) is 11.4. The van der Waals surface area contributed by atoms with Gasteiger partial charge in [0.2, 0.25) is 5.91 Å². The Hall–Kier alpha value is -2.08. The van der Waals surface area contributed by atoms with E-state index in [9.17, 15) is 14.7 Å². The van der Waals surface area contributed by atoms with Crippen LogP contribution in [0, 0.1) is 16.7 Å². The largest absolute Gasteiger partial charge is 0.469 e. The maximum Gasteiger partial charge on any atom is 0.312 e. The number of benzene rings is 2. The van der Waals surface area contributed by atoms with Gasteiger partial charge in [-0.15, -0.1) is 0 Å². The van der Waals surface area contributed by atoms with Crippen LogP contribution in [-0.2, 0) is 14.3 Å². The Morgan fingerprint density at radius 1 is 1.11 bits per heavy atom. The fourth-order valence-electron chi connectivity index (χ4n) is 6.34. The Balaban J connectivity index is 1.71. The lowest BCUT2D eigenvalue weighted by Crippen LogP contribution is -2.60. The number of hydrogen-bond acceptors (Lipinski definition) is 4. The molecule has 4 atom stereocenters. The third-order valence-electron chi connectivity index (χ3n) is 8.60. The molecule has 2 aromatic rings. The average Bonchev–Trinajstić information content (AvgIpc) is 3.76. The van der Waals surface area contributed by atoms with E-state index in [1.54, 1.807) is 0 Å². The van der Waals surface area contributed by atoms with Gasteiger partial charge in [-0.1, -0.05) is 47.5 Å².